The summed E-state index contributed by atoms with van der Waals surface area (Å²) in [6.07, 6.45) is 0.732. The van der Waals surface area contributed by atoms with E-state index in [1.165, 1.54) is 0 Å². The number of hydrogen-bond acceptors (Lipinski definition) is 3. The fraction of sp³-hybridized carbons (Fsp3) is 0.429. The first-order chi connectivity index (χ1) is 8.93. The lowest BCUT2D eigenvalue weighted by Gasteiger charge is -2.36. The number of rotatable bonds is 2. The maximum absolute atomic E-state index is 12.1. The molecule has 2 rings (SSSR count). The van der Waals surface area contributed by atoms with Gasteiger partial charge in [-0.05, 0) is 18.1 Å². The van der Waals surface area contributed by atoms with Gasteiger partial charge in [-0.3, -0.25) is 10.1 Å². The average molecular weight is 262 g/mol. The molecular weight excluding hydrogens is 244 g/mol. The van der Waals surface area contributed by atoms with E-state index in [0.29, 0.717) is 6.61 Å². The molecule has 5 nitrogen and oxygen atoms in total. The van der Waals surface area contributed by atoms with Crippen LogP contribution in [0.5, 0.6) is 5.75 Å². The van der Waals surface area contributed by atoms with Crippen molar-refractivity contribution in [3.8, 4) is 5.75 Å². The van der Waals surface area contributed by atoms with E-state index in [-0.39, 0.29) is 11.8 Å². The number of carbonyl (C=O) groups excluding carboxylic acids is 2. The quantitative estimate of drug-likeness (QED) is 0.852. The van der Waals surface area contributed by atoms with Crippen LogP contribution in [-0.4, -0.2) is 18.5 Å². The zero-order valence-electron chi connectivity index (χ0n) is 11.1. The lowest BCUT2D eigenvalue weighted by Crippen LogP contribution is -2.46. The van der Waals surface area contributed by atoms with E-state index in [1.54, 1.807) is 0 Å². The van der Waals surface area contributed by atoms with E-state index >= 15 is 0 Å². The first kappa shape index (κ1) is 13.4. The zero-order valence-corrected chi connectivity index (χ0v) is 11.1. The second kappa shape index (κ2) is 4.91. The van der Waals surface area contributed by atoms with Gasteiger partial charge in [-0.2, -0.15) is 0 Å². The highest BCUT2D eigenvalue weighted by molar-refractivity contribution is 5.96. The standard InChI is InChI=1S/C14H18N2O3/c1-14(2,12(17)16-13(15)18)10-7-8-19-11-6-4-3-5-9(10)11/h3-6,10H,7-8H2,1-2H3,(H3,15,16,17,18). The van der Waals surface area contributed by atoms with Crippen molar-refractivity contribution in [2.24, 2.45) is 11.1 Å². The molecule has 0 aliphatic carbocycles. The van der Waals surface area contributed by atoms with Gasteiger partial charge >= 0.3 is 6.03 Å². The van der Waals surface area contributed by atoms with Crippen molar-refractivity contribution in [1.29, 1.82) is 0 Å². The minimum atomic E-state index is -0.821. The molecule has 1 heterocycles. The first-order valence-corrected chi connectivity index (χ1v) is 6.25. The molecule has 0 saturated heterocycles. The van der Waals surface area contributed by atoms with Crippen LogP contribution in [-0.2, 0) is 4.79 Å². The molecule has 5 heteroatoms. The molecule has 0 aromatic heterocycles. The molecule has 3 amide bonds. The Kier molecular flexibility index (Phi) is 3.46. The molecule has 102 valence electrons. The Morgan fingerprint density at radius 3 is 2.74 bits per heavy atom. The first-order valence-electron chi connectivity index (χ1n) is 6.25. The molecule has 0 spiro atoms. The summed E-state index contributed by atoms with van der Waals surface area (Å²) >= 11 is 0. The van der Waals surface area contributed by atoms with Crippen molar-refractivity contribution < 1.29 is 14.3 Å². The van der Waals surface area contributed by atoms with Crippen LogP contribution in [0.3, 0.4) is 0 Å². The Bertz CT molecular complexity index is 511. The molecule has 1 aliphatic rings. The van der Waals surface area contributed by atoms with Gasteiger partial charge in [0, 0.05) is 5.92 Å². The van der Waals surface area contributed by atoms with Crippen molar-refractivity contribution in [2.45, 2.75) is 26.2 Å². The number of benzene rings is 1. The second-order valence-electron chi connectivity index (χ2n) is 5.27. The summed E-state index contributed by atoms with van der Waals surface area (Å²) in [4.78, 5) is 23.0. The predicted octanol–water partition coefficient (Wildman–Crippen LogP) is 1.77. The molecule has 1 aromatic carbocycles. The third kappa shape index (κ3) is 2.54. The van der Waals surface area contributed by atoms with Crippen LogP contribution in [0.4, 0.5) is 4.79 Å². The van der Waals surface area contributed by atoms with E-state index in [0.717, 1.165) is 17.7 Å². The predicted molar refractivity (Wildman–Crippen MR) is 70.8 cm³/mol. The normalized spacial score (nSPS) is 18.1. The molecular formula is C14H18N2O3. The molecule has 0 bridgehead atoms. The van der Waals surface area contributed by atoms with E-state index in [9.17, 15) is 9.59 Å². The van der Waals surface area contributed by atoms with Gasteiger partial charge in [0.15, 0.2) is 0 Å². The Hall–Kier alpha value is -2.04. The van der Waals surface area contributed by atoms with Crippen molar-refractivity contribution >= 4 is 11.9 Å². The highest BCUT2D eigenvalue weighted by atomic mass is 16.5. The molecule has 19 heavy (non-hydrogen) atoms. The Labute approximate surface area is 112 Å². The summed E-state index contributed by atoms with van der Waals surface area (Å²) in [5.74, 6) is 0.442. The topological polar surface area (TPSA) is 81.4 Å². The van der Waals surface area contributed by atoms with E-state index in [1.807, 2.05) is 38.1 Å². The van der Waals surface area contributed by atoms with Crippen molar-refractivity contribution in [2.75, 3.05) is 6.61 Å². The van der Waals surface area contributed by atoms with Gasteiger partial charge in [0.2, 0.25) is 5.91 Å². The molecule has 0 fully saturated rings. The maximum Gasteiger partial charge on any atom is 0.318 e. The highest BCUT2D eigenvalue weighted by Gasteiger charge is 2.40. The SMILES string of the molecule is CC(C)(C(=O)NC(N)=O)C1CCOc2ccccc21. The average Bonchev–Trinajstić information content (AvgIpc) is 2.37. The van der Waals surface area contributed by atoms with Crippen LogP contribution in [0.1, 0.15) is 31.7 Å². The summed E-state index contributed by atoms with van der Waals surface area (Å²) in [7, 11) is 0. The van der Waals surface area contributed by atoms with Crippen molar-refractivity contribution in [1.82, 2.24) is 5.32 Å². The van der Waals surface area contributed by atoms with Gasteiger partial charge in [0.1, 0.15) is 5.75 Å². The van der Waals surface area contributed by atoms with Crippen LogP contribution < -0.4 is 15.8 Å². The van der Waals surface area contributed by atoms with Gasteiger partial charge < -0.3 is 10.5 Å². The molecule has 0 radical (unpaired) electrons. The summed E-state index contributed by atoms with van der Waals surface area (Å²) in [6.45, 7) is 4.20. The third-order valence-electron chi connectivity index (χ3n) is 3.65. The minimum Gasteiger partial charge on any atom is -0.493 e. The lowest BCUT2D eigenvalue weighted by atomic mass is 9.71. The van der Waals surface area contributed by atoms with Gasteiger partial charge in [0.05, 0.1) is 12.0 Å². The number of urea groups is 1. The van der Waals surface area contributed by atoms with E-state index in [2.05, 4.69) is 5.32 Å². The second-order valence-corrected chi connectivity index (χ2v) is 5.27. The number of primary amides is 1. The Morgan fingerprint density at radius 1 is 1.37 bits per heavy atom. The molecule has 1 aliphatic heterocycles. The molecule has 3 N–H and O–H groups in total. The smallest absolute Gasteiger partial charge is 0.318 e. The monoisotopic (exact) mass is 262 g/mol. The largest absolute Gasteiger partial charge is 0.493 e. The number of hydrogen-bond donors (Lipinski definition) is 2. The Morgan fingerprint density at radius 2 is 2.05 bits per heavy atom. The molecule has 1 aromatic rings. The summed E-state index contributed by atoms with van der Waals surface area (Å²) in [5, 5.41) is 2.17. The number of amides is 3. The van der Waals surface area contributed by atoms with Gasteiger partial charge in [-0.1, -0.05) is 32.0 Å². The van der Waals surface area contributed by atoms with E-state index < -0.39 is 11.4 Å². The number of ether oxygens (including phenoxy) is 1. The van der Waals surface area contributed by atoms with Crippen LogP contribution in [0.25, 0.3) is 0 Å². The van der Waals surface area contributed by atoms with Gasteiger partial charge in [-0.25, -0.2) is 4.79 Å². The maximum atomic E-state index is 12.1. The molecule has 1 atom stereocenters. The van der Waals surface area contributed by atoms with Crippen molar-refractivity contribution in [3.05, 3.63) is 29.8 Å². The Balaban J connectivity index is 2.31. The number of carbonyl (C=O) groups is 2. The zero-order chi connectivity index (χ0) is 14.0. The lowest BCUT2D eigenvalue weighted by molar-refractivity contribution is -0.129. The number of fused-ring (bicyclic) bond motifs is 1. The molecule has 0 saturated carbocycles. The van der Waals surface area contributed by atoms with Gasteiger partial charge in [-0.15, -0.1) is 0 Å². The van der Waals surface area contributed by atoms with Gasteiger partial charge in [0.25, 0.3) is 0 Å². The fourth-order valence-electron chi connectivity index (χ4n) is 2.52. The van der Waals surface area contributed by atoms with Crippen LogP contribution in [0.2, 0.25) is 0 Å². The number of imide groups is 1. The van der Waals surface area contributed by atoms with Crippen LogP contribution in [0, 0.1) is 5.41 Å². The van der Waals surface area contributed by atoms with Crippen LogP contribution >= 0.6 is 0 Å². The summed E-state index contributed by atoms with van der Waals surface area (Å²) in [5.41, 5.74) is 5.29. The van der Waals surface area contributed by atoms with Crippen molar-refractivity contribution in [3.63, 3.8) is 0 Å². The molecule has 1 unspecified atom stereocenters. The number of nitrogens with one attached hydrogen (secondary N) is 1. The minimum absolute atomic E-state index is 0.00296. The fourth-order valence-corrected chi connectivity index (χ4v) is 2.52. The highest BCUT2D eigenvalue weighted by Crippen LogP contribution is 2.44. The summed E-state index contributed by atoms with van der Waals surface area (Å²) in [6, 6.07) is 6.85. The van der Waals surface area contributed by atoms with E-state index in [4.69, 9.17) is 10.5 Å². The van der Waals surface area contributed by atoms with Crippen LogP contribution in [0.15, 0.2) is 24.3 Å². The number of nitrogens with two attached hydrogens (primary N) is 1. The summed E-state index contributed by atoms with van der Waals surface area (Å²) < 4.78 is 5.59. The third-order valence-corrected chi connectivity index (χ3v) is 3.65. The number of para-hydroxylation sites is 1.